The van der Waals surface area contributed by atoms with Crippen molar-refractivity contribution in [3.63, 3.8) is 0 Å². The van der Waals surface area contributed by atoms with E-state index < -0.39 is 0 Å². The van der Waals surface area contributed by atoms with Gasteiger partial charge in [0, 0.05) is 23.6 Å². The van der Waals surface area contributed by atoms with E-state index in [9.17, 15) is 4.79 Å². The SMILES string of the molecule is [N-]=[N+]=NCCCNC(=O)c1cccc(O)c1. The first kappa shape index (κ1) is 11.9. The number of hydrogen-bond acceptors (Lipinski definition) is 3. The number of phenols is 1. The maximum absolute atomic E-state index is 11.5. The van der Waals surface area contributed by atoms with Crippen LogP contribution in [0.1, 0.15) is 16.8 Å². The van der Waals surface area contributed by atoms with Gasteiger partial charge in [-0.3, -0.25) is 4.79 Å². The van der Waals surface area contributed by atoms with Crippen LogP contribution in [-0.2, 0) is 0 Å². The van der Waals surface area contributed by atoms with E-state index in [1.54, 1.807) is 12.1 Å². The summed E-state index contributed by atoms with van der Waals surface area (Å²) < 4.78 is 0. The van der Waals surface area contributed by atoms with E-state index in [1.165, 1.54) is 12.1 Å². The molecule has 0 aliphatic carbocycles. The highest BCUT2D eigenvalue weighted by molar-refractivity contribution is 5.94. The number of azide groups is 1. The van der Waals surface area contributed by atoms with Gasteiger partial charge < -0.3 is 10.4 Å². The molecular weight excluding hydrogens is 208 g/mol. The number of amides is 1. The Bertz CT molecular complexity index is 413. The lowest BCUT2D eigenvalue weighted by Gasteiger charge is -2.03. The molecular formula is C10H12N4O2. The van der Waals surface area contributed by atoms with Crippen LogP contribution in [0.5, 0.6) is 5.75 Å². The Morgan fingerprint density at radius 2 is 2.38 bits per heavy atom. The molecule has 1 amide bonds. The van der Waals surface area contributed by atoms with Crippen molar-refractivity contribution in [2.45, 2.75) is 6.42 Å². The Balaban J connectivity index is 2.38. The molecule has 0 heterocycles. The molecule has 0 aliphatic heterocycles. The number of benzene rings is 1. The summed E-state index contributed by atoms with van der Waals surface area (Å²) in [4.78, 5) is 14.1. The molecule has 6 heteroatoms. The molecule has 0 bridgehead atoms. The summed E-state index contributed by atoms with van der Waals surface area (Å²) in [5, 5.41) is 15.2. The fourth-order valence-corrected chi connectivity index (χ4v) is 1.15. The van der Waals surface area contributed by atoms with Gasteiger partial charge in [0.05, 0.1) is 0 Å². The normalized spacial score (nSPS) is 9.25. The first-order valence-electron chi connectivity index (χ1n) is 4.82. The molecule has 1 aromatic carbocycles. The minimum Gasteiger partial charge on any atom is -0.508 e. The van der Waals surface area contributed by atoms with Gasteiger partial charge in [-0.2, -0.15) is 0 Å². The lowest BCUT2D eigenvalue weighted by atomic mass is 10.2. The molecule has 0 saturated heterocycles. The molecule has 2 N–H and O–H groups in total. The second-order valence-electron chi connectivity index (χ2n) is 3.11. The third kappa shape index (κ3) is 3.89. The average Bonchev–Trinajstić information content (AvgIpc) is 2.28. The number of rotatable bonds is 5. The van der Waals surface area contributed by atoms with E-state index in [1.807, 2.05) is 0 Å². The van der Waals surface area contributed by atoms with E-state index in [2.05, 4.69) is 15.3 Å². The predicted octanol–water partition coefficient (Wildman–Crippen LogP) is 1.82. The van der Waals surface area contributed by atoms with Crippen LogP contribution in [0.2, 0.25) is 0 Å². The molecule has 16 heavy (non-hydrogen) atoms. The first-order chi connectivity index (χ1) is 7.74. The van der Waals surface area contributed by atoms with Gasteiger partial charge >= 0.3 is 0 Å². The first-order valence-corrected chi connectivity index (χ1v) is 4.82. The van der Waals surface area contributed by atoms with Crippen molar-refractivity contribution in [3.8, 4) is 5.75 Å². The standard InChI is InChI=1S/C10H12N4O2/c11-14-13-6-2-5-12-10(16)8-3-1-4-9(15)7-8/h1,3-4,7,15H,2,5-6H2,(H,12,16). The maximum atomic E-state index is 11.5. The topological polar surface area (TPSA) is 98.1 Å². The van der Waals surface area contributed by atoms with E-state index in [-0.39, 0.29) is 11.7 Å². The van der Waals surface area contributed by atoms with Crippen molar-refractivity contribution in [1.82, 2.24) is 5.32 Å². The van der Waals surface area contributed by atoms with Crippen LogP contribution in [0.4, 0.5) is 0 Å². The molecule has 0 saturated carbocycles. The molecule has 0 unspecified atom stereocenters. The Kier molecular flexibility index (Phi) is 4.69. The largest absolute Gasteiger partial charge is 0.508 e. The third-order valence-corrected chi connectivity index (χ3v) is 1.89. The van der Waals surface area contributed by atoms with E-state index in [0.29, 0.717) is 25.1 Å². The lowest BCUT2D eigenvalue weighted by molar-refractivity contribution is 0.0953. The second-order valence-corrected chi connectivity index (χ2v) is 3.11. The van der Waals surface area contributed by atoms with Crippen LogP contribution < -0.4 is 5.32 Å². The monoisotopic (exact) mass is 220 g/mol. The number of carbonyl (C=O) groups is 1. The van der Waals surface area contributed by atoms with E-state index >= 15 is 0 Å². The fraction of sp³-hybridized carbons (Fsp3) is 0.300. The van der Waals surface area contributed by atoms with Crippen LogP contribution in [0.15, 0.2) is 29.4 Å². The minimum absolute atomic E-state index is 0.0572. The van der Waals surface area contributed by atoms with E-state index in [0.717, 1.165) is 0 Å². The zero-order valence-electron chi connectivity index (χ0n) is 8.63. The number of phenolic OH excluding ortho intramolecular Hbond substituents is 1. The molecule has 84 valence electrons. The molecule has 1 rings (SSSR count). The Hall–Kier alpha value is -2.20. The molecule has 0 aromatic heterocycles. The summed E-state index contributed by atoms with van der Waals surface area (Å²) >= 11 is 0. The Morgan fingerprint density at radius 1 is 1.56 bits per heavy atom. The summed E-state index contributed by atoms with van der Waals surface area (Å²) in [6.07, 6.45) is 0.592. The molecule has 0 fully saturated rings. The zero-order valence-corrected chi connectivity index (χ0v) is 8.63. The zero-order chi connectivity index (χ0) is 11.8. The van der Waals surface area contributed by atoms with Crippen LogP contribution >= 0.6 is 0 Å². The lowest BCUT2D eigenvalue weighted by Crippen LogP contribution is -2.24. The quantitative estimate of drug-likeness (QED) is 0.342. The van der Waals surface area contributed by atoms with Gasteiger partial charge in [0.15, 0.2) is 0 Å². The molecule has 0 radical (unpaired) electrons. The third-order valence-electron chi connectivity index (χ3n) is 1.89. The van der Waals surface area contributed by atoms with Gasteiger partial charge in [0.1, 0.15) is 5.75 Å². The van der Waals surface area contributed by atoms with Crippen molar-refractivity contribution >= 4 is 5.91 Å². The second kappa shape index (κ2) is 6.31. The summed E-state index contributed by atoms with van der Waals surface area (Å²) in [7, 11) is 0. The molecule has 1 aromatic rings. The highest BCUT2D eigenvalue weighted by Crippen LogP contribution is 2.10. The predicted molar refractivity (Wildman–Crippen MR) is 59.1 cm³/mol. The van der Waals surface area contributed by atoms with Crippen LogP contribution in [0.3, 0.4) is 0 Å². The van der Waals surface area contributed by atoms with Crippen LogP contribution in [0, 0.1) is 0 Å². The van der Waals surface area contributed by atoms with Gasteiger partial charge in [-0.1, -0.05) is 11.2 Å². The van der Waals surface area contributed by atoms with Gasteiger partial charge in [-0.05, 0) is 30.2 Å². The summed E-state index contributed by atoms with van der Waals surface area (Å²) in [5.41, 5.74) is 8.43. The van der Waals surface area contributed by atoms with Gasteiger partial charge in [-0.25, -0.2) is 0 Å². The van der Waals surface area contributed by atoms with Crippen molar-refractivity contribution in [2.24, 2.45) is 5.11 Å². The number of aromatic hydroxyl groups is 1. The number of carbonyl (C=O) groups excluding carboxylic acids is 1. The molecule has 0 spiro atoms. The number of hydrogen-bond donors (Lipinski definition) is 2. The van der Waals surface area contributed by atoms with Crippen molar-refractivity contribution < 1.29 is 9.90 Å². The summed E-state index contributed by atoms with van der Waals surface area (Å²) in [6, 6.07) is 6.11. The molecule has 6 nitrogen and oxygen atoms in total. The summed E-state index contributed by atoms with van der Waals surface area (Å²) in [6.45, 7) is 0.796. The maximum Gasteiger partial charge on any atom is 0.251 e. The van der Waals surface area contributed by atoms with Gasteiger partial charge in [0.25, 0.3) is 5.91 Å². The molecule has 0 atom stereocenters. The Morgan fingerprint density at radius 3 is 3.06 bits per heavy atom. The number of nitrogens with zero attached hydrogens (tertiary/aromatic N) is 3. The highest BCUT2D eigenvalue weighted by atomic mass is 16.3. The average molecular weight is 220 g/mol. The smallest absolute Gasteiger partial charge is 0.251 e. The van der Waals surface area contributed by atoms with Crippen molar-refractivity contribution in [1.29, 1.82) is 0 Å². The highest BCUT2D eigenvalue weighted by Gasteiger charge is 2.04. The fourth-order valence-electron chi connectivity index (χ4n) is 1.15. The Labute approximate surface area is 92.5 Å². The van der Waals surface area contributed by atoms with E-state index in [4.69, 9.17) is 10.6 Å². The van der Waals surface area contributed by atoms with Crippen molar-refractivity contribution in [3.05, 3.63) is 40.3 Å². The summed E-state index contributed by atoms with van der Waals surface area (Å²) in [5.74, 6) is -0.196. The van der Waals surface area contributed by atoms with Crippen LogP contribution in [0.25, 0.3) is 10.4 Å². The molecule has 0 aliphatic rings. The van der Waals surface area contributed by atoms with Crippen molar-refractivity contribution in [2.75, 3.05) is 13.1 Å². The number of nitrogens with one attached hydrogen (secondary N) is 1. The minimum atomic E-state index is -0.253. The van der Waals surface area contributed by atoms with Gasteiger partial charge in [0.2, 0.25) is 0 Å². The van der Waals surface area contributed by atoms with Crippen LogP contribution in [-0.4, -0.2) is 24.1 Å². The van der Waals surface area contributed by atoms with Gasteiger partial charge in [-0.15, -0.1) is 0 Å².